The molecule has 0 unspecified atom stereocenters. The molecule has 6 heteroatoms. The molecule has 3 rings (SSSR count). The Morgan fingerprint density at radius 1 is 1.48 bits per heavy atom. The fraction of sp³-hybridized carbons (Fsp3) is 0.533. The highest BCUT2D eigenvalue weighted by Crippen LogP contribution is 2.23. The van der Waals surface area contributed by atoms with Gasteiger partial charge in [0.1, 0.15) is 0 Å². The van der Waals surface area contributed by atoms with Crippen LogP contribution in [0.1, 0.15) is 36.8 Å². The van der Waals surface area contributed by atoms with Crippen molar-refractivity contribution < 1.29 is 14.1 Å². The molecule has 1 aliphatic rings. The molecule has 21 heavy (non-hydrogen) atoms. The molecule has 2 aromatic rings. The van der Waals surface area contributed by atoms with E-state index in [4.69, 9.17) is 9.26 Å². The Labute approximate surface area is 123 Å². The van der Waals surface area contributed by atoms with Gasteiger partial charge in [0.15, 0.2) is 0 Å². The van der Waals surface area contributed by atoms with Gasteiger partial charge in [-0.1, -0.05) is 5.16 Å². The number of hydrogen-bond donors (Lipinski definition) is 0. The third kappa shape index (κ3) is 2.63. The lowest BCUT2D eigenvalue weighted by atomic mass is 10.0. The molecule has 3 heterocycles. The van der Waals surface area contributed by atoms with Gasteiger partial charge in [0, 0.05) is 19.3 Å². The number of pyridine rings is 1. The number of amides is 1. The van der Waals surface area contributed by atoms with Crippen molar-refractivity contribution in [2.24, 2.45) is 0 Å². The second-order valence-electron chi connectivity index (χ2n) is 6.22. The van der Waals surface area contributed by atoms with E-state index < -0.39 is 0 Å². The van der Waals surface area contributed by atoms with Crippen molar-refractivity contribution in [3.63, 3.8) is 0 Å². The second kappa shape index (κ2) is 4.80. The van der Waals surface area contributed by atoms with Crippen molar-refractivity contribution in [1.29, 1.82) is 0 Å². The number of aryl methyl sites for hydroxylation is 1. The number of morpholine rings is 1. The van der Waals surface area contributed by atoms with Crippen molar-refractivity contribution in [1.82, 2.24) is 15.0 Å². The van der Waals surface area contributed by atoms with Crippen LogP contribution in [0.15, 0.2) is 16.8 Å². The quantitative estimate of drug-likeness (QED) is 0.804. The maximum absolute atomic E-state index is 12.7. The van der Waals surface area contributed by atoms with E-state index in [0.29, 0.717) is 24.4 Å². The molecule has 0 N–H and O–H groups in total. The van der Waals surface area contributed by atoms with Gasteiger partial charge >= 0.3 is 0 Å². The third-order valence-electron chi connectivity index (χ3n) is 3.61. The predicted molar refractivity (Wildman–Crippen MR) is 77.1 cm³/mol. The van der Waals surface area contributed by atoms with E-state index >= 15 is 0 Å². The minimum absolute atomic E-state index is 0.0201. The summed E-state index contributed by atoms with van der Waals surface area (Å²) in [6.07, 6.45) is 1.56. The van der Waals surface area contributed by atoms with Crippen LogP contribution < -0.4 is 0 Å². The summed E-state index contributed by atoms with van der Waals surface area (Å²) in [5.41, 5.74) is 1.42. The molecule has 0 radical (unpaired) electrons. The number of rotatable bonds is 1. The number of fused-ring (bicyclic) bond motifs is 1. The first-order valence-electron chi connectivity index (χ1n) is 7.05. The zero-order valence-electron chi connectivity index (χ0n) is 12.7. The second-order valence-corrected chi connectivity index (χ2v) is 6.22. The van der Waals surface area contributed by atoms with E-state index in [2.05, 4.69) is 10.1 Å². The van der Waals surface area contributed by atoms with Gasteiger partial charge in [-0.3, -0.25) is 4.79 Å². The molecular formula is C15H19N3O3. The van der Waals surface area contributed by atoms with Crippen LogP contribution in [0.25, 0.3) is 11.1 Å². The topological polar surface area (TPSA) is 68.5 Å². The summed E-state index contributed by atoms with van der Waals surface area (Å²) in [7, 11) is 0. The molecule has 2 aromatic heterocycles. The lowest BCUT2D eigenvalue weighted by molar-refractivity contribution is -0.118. The Morgan fingerprint density at radius 2 is 2.24 bits per heavy atom. The Hall–Kier alpha value is -1.95. The van der Waals surface area contributed by atoms with Crippen LogP contribution in [0.5, 0.6) is 0 Å². The summed E-state index contributed by atoms with van der Waals surface area (Å²) in [6, 6.07) is 1.80. The van der Waals surface area contributed by atoms with Gasteiger partial charge in [-0.25, -0.2) is 4.98 Å². The van der Waals surface area contributed by atoms with Gasteiger partial charge in [-0.15, -0.1) is 0 Å². The zero-order valence-corrected chi connectivity index (χ0v) is 12.7. The fourth-order valence-electron chi connectivity index (χ4n) is 2.85. The molecular weight excluding hydrogens is 270 g/mol. The minimum atomic E-state index is -0.335. The van der Waals surface area contributed by atoms with Crippen LogP contribution in [-0.2, 0) is 4.74 Å². The molecule has 0 bridgehead atoms. The van der Waals surface area contributed by atoms with Crippen LogP contribution in [-0.4, -0.2) is 45.7 Å². The molecule has 1 saturated heterocycles. The molecule has 0 aromatic carbocycles. The Morgan fingerprint density at radius 3 is 2.95 bits per heavy atom. The standard InChI is InChI=1S/C15H19N3O3/c1-9-7-18(8-15(3,4)20-9)14(19)11-5-12-10(2)17-21-13(12)16-6-11/h5-6,9H,7-8H2,1-4H3/t9-/m0/s1. The number of hydrogen-bond acceptors (Lipinski definition) is 5. The number of carbonyl (C=O) groups is 1. The fourth-order valence-corrected chi connectivity index (χ4v) is 2.85. The minimum Gasteiger partial charge on any atom is -0.369 e. The van der Waals surface area contributed by atoms with E-state index in [1.165, 1.54) is 0 Å². The highest BCUT2D eigenvalue weighted by molar-refractivity contribution is 5.97. The van der Waals surface area contributed by atoms with Crippen LogP contribution >= 0.6 is 0 Å². The van der Waals surface area contributed by atoms with Gasteiger partial charge in [-0.2, -0.15) is 0 Å². The summed E-state index contributed by atoms with van der Waals surface area (Å²) in [4.78, 5) is 18.7. The van der Waals surface area contributed by atoms with Crippen molar-refractivity contribution >= 4 is 17.0 Å². The van der Waals surface area contributed by atoms with Crippen molar-refractivity contribution in [2.45, 2.75) is 39.4 Å². The van der Waals surface area contributed by atoms with Crippen LogP contribution in [0, 0.1) is 6.92 Å². The number of carbonyl (C=O) groups excluding carboxylic acids is 1. The summed E-state index contributed by atoms with van der Waals surface area (Å²) in [6.45, 7) is 8.96. The molecule has 0 saturated carbocycles. The maximum Gasteiger partial charge on any atom is 0.257 e. The monoisotopic (exact) mass is 289 g/mol. The number of aromatic nitrogens is 2. The Kier molecular flexibility index (Phi) is 3.20. The number of nitrogens with zero attached hydrogens (tertiary/aromatic N) is 3. The lowest BCUT2D eigenvalue weighted by Gasteiger charge is -2.41. The smallest absolute Gasteiger partial charge is 0.257 e. The van der Waals surface area contributed by atoms with Gasteiger partial charge in [0.2, 0.25) is 0 Å². The van der Waals surface area contributed by atoms with Crippen LogP contribution in [0.4, 0.5) is 0 Å². The van der Waals surface area contributed by atoms with Crippen molar-refractivity contribution in [3.05, 3.63) is 23.5 Å². The molecule has 1 fully saturated rings. The molecule has 1 amide bonds. The van der Waals surface area contributed by atoms with E-state index in [9.17, 15) is 4.79 Å². The molecule has 6 nitrogen and oxygen atoms in total. The summed E-state index contributed by atoms with van der Waals surface area (Å²) < 4.78 is 10.9. The first kappa shape index (κ1) is 14.0. The maximum atomic E-state index is 12.7. The SMILES string of the molecule is Cc1noc2ncc(C(=O)N3C[C@H](C)OC(C)(C)C3)cc12. The Balaban J connectivity index is 1.90. The largest absolute Gasteiger partial charge is 0.369 e. The van der Waals surface area contributed by atoms with E-state index in [1.54, 1.807) is 12.3 Å². The normalized spacial score (nSPS) is 21.7. The summed E-state index contributed by atoms with van der Waals surface area (Å²) in [5.74, 6) is -0.0341. The van der Waals surface area contributed by atoms with Gasteiger partial charge in [0.05, 0.1) is 28.3 Å². The van der Waals surface area contributed by atoms with Gasteiger partial charge < -0.3 is 14.2 Å². The zero-order chi connectivity index (χ0) is 15.2. The van der Waals surface area contributed by atoms with Crippen molar-refractivity contribution in [2.75, 3.05) is 13.1 Å². The summed E-state index contributed by atoms with van der Waals surface area (Å²) in [5, 5.41) is 4.64. The molecule has 112 valence electrons. The third-order valence-corrected chi connectivity index (χ3v) is 3.61. The van der Waals surface area contributed by atoms with E-state index in [1.807, 2.05) is 32.6 Å². The highest BCUT2D eigenvalue weighted by Gasteiger charge is 2.34. The van der Waals surface area contributed by atoms with Crippen molar-refractivity contribution in [3.8, 4) is 0 Å². The average molecular weight is 289 g/mol. The first-order chi connectivity index (χ1) is 9.85. The van der Waals surface area contributed by atoms with Crippen LogP contribution in [0.3, 0.4) is 0 Å². The van der Waals surface area contributed by atoms with E-state index in [0.717, 1.165) is 11.1 Å². The van der Waals surface area contributed by atoms with E-state index in [-0.39, 0.29) is 17.6 Å². The average Bonchev–Trinajstić information content (AvgIpc) is 2.77. The number of ether oxygens (including phenoxy) is 1. The molecule has 1 aliphatic heterocycles. The summed E-state index contributed by atoms with van der Waals surface area (Å²) >= 11 is 0. The van der Waals surface area contributed by atoms with Gasteiger partial charge in [0.25, 0.3) is 11.6 Å². The highest BCUT2D eigenvalue weighted by atomic mass is 16.5. The lowest BCUT2D eigenvalue weighted by Crippen LogP contribution is -2.53. The molecule has 0 aliphatic carbocycles. The van der Waals surface area contributed by atoms with Crippen LogP contribution in [0.2, 0.25) is 0 Å². The molecule has 1 atom stereocenters. The Bertz CT molecular complexity index is 693. The first-order valence-corrected chi connectivity index (χ1v) is 7.05. The molecule has 0 spiro atoms. The predicted octanol–water partition coefficient (Wildman–Crippen LogP) is 2.17. The van der Waals surface area contributed by atoms with Gasteiger partial charge in [-0.05, 0) is 33.8 Å².